The molecule has 0 atom stereocenters. The van der Waals surface area contributed by atoms with Gasteiger partial charge in [0, 0.05) is 12.6 Å². The van der Waals surface area contributed by atoms with E-state index in [0.717, 1.165) is 17.9 Å². The van der Waals surface area contributed by atoms with Crippen LogP contribution in [0, 0.1) is 11.8 Å². The topological polar surface area (TPSA) is 6.48 Å². The van der Waals surface area contributed by atoms with Gasteiger partial charge in [-0.05, 0) is 64.7 Å². The van der Waals surface area contributed by atoms with E-state index < -0.39 is 0 Å². The van der Waals surface area contributed by atoms with Gasteiger partial charge in [-0.2, -0.15) is 0 Å². The molecule has 0 aromatic heterocycles. The SMILES string of the molecule is CC1CCC(CN(C)C2CCN(C)CC2)CC1. The van der Waals surface area contributed by atoms with Gasteiger partial charge in [0.1, 0.15) is 0 Å². The molecule has 0 aromatic rings. The first-order chi connectivity index (χ1) is 8.15. The number of hydrogen-bond acceptors (Lipinski definition) is 2. The van der Waals surface area contributed by atoms with Gasteiger partial charge in [-0.3, -0.25) is 0 Å². The van der Waals surface area contributed by atoms with E-state index in [2.05, 4.69) is 30.8 Å². The number of likely N-dealkylation sites (tertiary alicyclic amines) is 1. The summed E-state index contributed by atoms with van der Waals surface area (Å²) in [5, 5.41) is 0. The smallest absolute Gasteiger partial charge is 0.0117 e. The summed E-state index contributed by atoms with van der Waals surface area (Å²) < 4.78 is 0. The number of hydrogen-bond donors (Lipinski definition) is 0. The van der Waals surface area contributed by atoms with Gasteiger partial charge >= 0.3 is 0 Å². The van der Waals surface area contributed by atoms with Crippen molar-refractivity contribution in [3.8, 4) is 0 Å². The van der Waals surface area contributed by atoms with Gasteiger partial charge < -0.3 is 9.80 Å². The molecule has 2 rings (SSSR count). The van der Waals surface area contributed by atoms with Gasteiger partial charge in [0.25, 0.3) is 0 Å². The molecule has 1 saturated heterocycles. The number of piperidine rings is 1. The minimum absolute atomic E-state index is 0.852. The second-order valence-corrected chi connectivity index (χ2v) is 6.60. The average Bonchev–Trinajstić information content (AvgIpc) is 2.33. The Labute approximate surface area is 107 Å². The van der Waals surface area contributed by atoms with Crippen LogP contribution < -0.4 is 0 Å². The first-order valence-corrected chi connectivity index (χ1v) is 7.54. The van der Waals surface area contributed by atoms with Crippen molar-refractivity contribution in [1.29, 1.82) is 0 Å². The van der Waals surface area contributed by atoms with E-state index in [0.29, 0.717) is 0 Å². The zero-order chi connectivity index (χ0) is 12.3. The lowest BCUT2D eigenvalue weighted by Crippen LogP contribution is -2.43. The van der Waals surface area contributed by atoms with E-state index in [1.807, 2.05) is 0 Å². The molecule has 1 aliphatic heterocycles. The summed E-state index contributed by atoms with van der Waals surface area (Å²) in [6, 6.07) is 0.852. The molecule has 0 bridgehead atoms. The summed E-state index contributed by atoms with van der Waals surface area (Å²) in [7, 11) is 4.60. The number of rotatable bonds is 3. The van der Waals surface area contributed by atoms with Crippen LogP contribution in [0.1, 0.15) is 45.4 Å². The van der Waals surface area contributed by atoms with Crippen molar-refractivity contribution in [2.45, 2.75) is 51.5 Å². The normalized spacial score (nSPS) is 33.2. The molecule has 1 saturated carbocycles. The summed E-state index contributed by atoms with van der Waals surface area (Å²) >= 11 is 0. The lowest BCUT2D eigenvalue weighted by atomic mass is 9.82. The van der Waals surface area contributed by atoms with Crippen LogP contribution in [0.3, 0.4) is 0 Å². The second kappa shape index (κ2) is 6.19. The maximum absolute atomic E-state index is 2.66. The zero-order valence-corrected chi connectivity index (χ0v) is 12.0. The fourth-order valence-electron chi connectivity index (χ4n) is 3.50. The van der Waals surface area contributed by atoms with E-state index >= 15 is 0 Å². The summed E-state index contributed by atoms with van der Waals surface area (Å²) in [5.74, 6) is 1.97. The Bertz CT molecular complexity index is 213. The largest absolute Gasteiger partial charge is 0.306 e. The molecule has 17 heavy (non-hydrogen) atoms. The third-order valence-corrected chi connectivity index (χ3v) is 4.99. The third-order valence-electron chi connectivity index (χ3n) is 4.99. The molecule has 2 aliphatic rings. The Morgan fingerprint density at radius 2 is 1.59 bits per heavy atom. The highest BCUT2D eigenvalue weighted by molar-refractivity contribution is 4.79. The fraction of sp³-hybridized carbons (Fsp3) is 1.00. The third kappa shape index (κ3) is 3.96. The predicted octanol–water partition coefficient (Wildman–Crippen LogP) is 2.84. The van der Waals surface area contributed by atoms with Crippen LogP contribution in [0.5, 0.6) is 0 Å². The summed E-state index contributed by atoms with van der Waals surface area (Å²) in [4.78, 5) is 5.13. The molecular weight excluding hydrogens is 208 g/mol. The molecule has 0 aromatic carbocycles. The Morgan fingerprint density at radius 1 is 1.00 bits per heavy atom. The van der Waals surface area contributed by atoms with Crippen molar-refractivity contribution in [2.75, 3.05) is 33.7 Å². The van der Waals surface area contributed by atoms with E-state index in [9.17, 15) is 0 Å². The minimum Gasteiger partial charge on any atom is -0.306 e. The lowest BCUT2D eigenvalue weighted by molar-refractivity contribution is 0.115. The van der Waals surface area contributed by atoms with Crippen molar-refractivity contribution >= 4 is 0 Å². The van der Waals surface area contributed by atoms with Gasteiger partial charge in [0.05, 0.1) is 0 Å². The Balaban J connectivity index is 1.71. The van der Waals surface area contributed by atoms with Crippen LogP contribution in [0.15, 0.2) is 0 Å². The van der Waals surface area contributed by atoms with Crippen molar-refractivity contribution in [3.05, 3.63) is 0 Å². The minimum atomic E-state index is 0.852. The summed E-state index contributed by atoms with van der Waals surface area (Å²) in [6.07, 6.45) is 8.61. The Kier molecular flexibility index (Phi) is 4.87. The lowest BCUT2D eigenvalue weighted by Gasteiger charge is -2.38. The molecule has 0 amide bonds. The van der Waals surface area contributed by atoms with Gasteiger partial charge in [0.15, 0.2) is 0 Å². The molecule has 100 valence electrons. The predicted molar refractivity (Wildman–Crippen MR) is 74.3 cm³/mol. The molecule has 0 spiro atoms. The Hall–Kier alpha value is -0.0800. The first-order valence-electron chi connectivity index (χ1n) is 7.54. The molecule has 2 nitrogen and oxygen atoms in total. The average molecular weight is 238 g/mol. The highest BCUT2D eigenvalue weighted by atomic mass is 15.2. The van der Waals surface area contributed by atoms with Crippen molar-refractivity contribution in [2.24, 2.45) is 11.8 Å². The second-order valence-electron chi connectivity index (χ2n) is 6.60. The van der Waals surface area contributed by atoms with Crippen molar-refractivity contribution < 1.29 is 0 Å². The molecule has 0 unspecified atom stereocenters. The summed E-state index contributed by atoms with van der Waals surface area (Å²) in [6.45, 7) is 6.34. The van der Waals surface area contributed by atoms with Crippen LogP contribution >= 0.6 is 0 Å². The van der Waals surface area contributed by atoms with E-state index in [4.69, 9.17) is 0 Å². The van der Waals surface area contributed by atoms with Gasteiger partial charge in [-0.15, -0.1) is 0 Å². The van der Waals surface area contributed by atoms with Crippen LogP contribution in [0.25, 0.3) is 0 Å². The molecule has 1 heterocycles. The van der Waals surface area contributed by atoms with E-state index in [-0.39, 0.29) is 0 Å². The standard InChI is InChI=1S/C15H30N2/c1-13-4-6-14(7-5-13)12-17(3)15-8-10-16(2)11-9-15/h13-15H,4-12H2,1-3H3. The van der Waals surface area contributed by atoms with Gasteiger partial charge in [0.2, 0.25) is 0 Å². The fourth-order valence-corrected chi connectivity index (χ4v) is 3.50. The maximum Gasteiger partial charge on any atom is 0.0117 e. The number of nitrogens with zero attached hydrogens (tertiary/aromatic N) is 2. The molecular formula is C15H30N2. The molecule has 0 N–H and O–H groups in total. The van der Waals surface area contributed by atoms with E-state index in [1.54, 1.807) is 0 Å². The highest BCUT2D eigenvalue weighted by Crippen LogP contribution is 2.29. The molecule has 2 heteroatoms. The van der Waals surface area contributed by atoms with Crippen LogP contribution in [0.4, 0.5) is 0 Å². The Morgan fingerprint density at radius 3 is 2.18 bits per heavy atom. The van der Waals surface area contributed by atoms with Crippen LogP contribution in [0.2, 0.25) is 0 Å². The highest BCUT2D eigenvalue weighted by Gasteiger charge is 2.24. The molecule has 0 radical (unpaired) electrons. The quantitative estimate of drug-likeness (QED) is 0.746. The van der Waals surface area contributed by atoms with Crippen molar-refractivity contribution in [3.63, 3.8) is 0 Å². The van der Waals surface area contributed by atoms with Crippen LogP contribution in [-0.2, 0) is 0 Å². The van der Waals surface area contributed by atoms with Gasteiger partial charge in [-0.25, -0.2) is 0 Å². The van der Waals surface area contributed by atoms with Gasteiger partial charge in [-0.1, -0.05) is 19.8 Å². The van der Waals surface area contributed by atoms with Crippen molar-refractivity contribution in [1.82, 2.24) is 9.80 Å². The molecule has 2 fully saturated rings. The van der Waals surface area contributed by atoms with E-state index in [1.165, 1.54) is 58.2 Å². The van der Waals surface area contributed by atoms with Crippen LogP contribution in [-0.4, -0.2) is 49.6 Å². The maximum atomic E-state index is 2.66. The first kappa shape index (κ1) is 13.4. The summed E-state index contributed by atoms with van der Waals surface area (Å²) in [5.41, 5.74) is 0. The molecule has 1 aliphatic carbocycles. The monoisotopic (exact) mass is 238 g/mol. The zero-order valence-electron chi connectivity index (χ0n) is 12.0.